The molecule has 0 aromatic rings. The fourth-order valence-corrected chi connectivity index (χ4v) is 7.02. The van der Waals surface area contributed by atoms with Crippen molar-refractivity contribution in [1.82, 2.24) is 5.32 Å². The van der Waals surface area contributed by atoms with Gasteiger partial charge in [0.25, 0.3) is 0 Å². The number of aliphatic hydroxyl groups excluding tert-OH is 2. The molecule has 3 N–H and O–H groups in total. The molecule has 332 valence electrons. The zero-order valence-electron chi connectivity index (χ0n) is 37.6. The normalized spacial score (nSPS) is 13.1. The average molecular weight is 800 g/mol. The summed E-state index contributed by atoms with van der Waals surface area (Å²) in [6.45, 7) is 4.75. The largest absolute Gasteiger partial charge is 0.466 e. The molecule has 0 aromatic heterocycles. The molecule has 0 radical (unpaired) electrons. The van der Waals surface area contributed by atoms with Gasteiger partial charge in [0.1, 0.15) is 0 Å². The third kappa shape index (κ3) is 43.2. The van der Waals surface area contributed by atoms with Crippen LogP contribution in [0, 0.1) is 0 Å². The highest BCUT2D eigenvalue weighted by molar-refractivity contribution is 5.76. The molecule has 0 fully saturated rings. The lowest BCUT2D eigenvalue weighted by molar-refractivity contribution is -0.143. The second-order valence-electron chi connectivity index (χ2n) is 16.4. The molecule has 6 heteroatoms. The maximum absolute atomic E-state index is 12.4. The number of amides is 1. The molecular formula is C51H93NO5. The second-order valence-corrected chi connectivity index (χ2v) is 16.4. The molecule has 0 aliphatic rings. The lowest BCUT2D eigenvalue weighted by Crippen LogP contribution is -2.45. The standard InChI is InChI=1S/C51H93NO5/c1-3-5-7-9-11-13-15-17-18-20-23-27-31-35-39-43-49(54)48(47-53)52-50(55)44-40-36-32-28-24-21-22-26-30-34-38-42-46-57-51(56)45-41-37-33-29-25-19-16-14-12-10-8-6-4-2/h8,10,14,16,22,26,39,43,48-49,53-54H,3-7,9,11-13,15,17-21,23-25,27-38,40-42,44-47H2,1-2H3,(H,52,55)/b10-8-,16-14-,26-22-,43-39+. The summed E-state index contributed by atoms with van der Waals surface area (Å²) in [6, 6.07) is -0.647. The van der Waals surface area contributed by atoms with Crippen molar-refractivity contribution in [2.45, 2.75) is 251 Å². The third-order valence-corrected chi connectivity index (χ3v) is 10.8. The van der Waals surface area contributed by atoms with Crippen molar-refractivity contribution in [3.05, 3.63) is 48.6 Å². The lowest BCUT2D eigenvalue weighted by atomic mass is 10.0. The Morgan fingerprint density at radius 3 is 1.42 bits per heavy atom. The molecule has 0 rings (SSSR count). The number of nitrogens with one attached hydrogen (secondary N) is 1. The number of aliphatic hydroxyl groups is 2. The summed E-state index contributed by atoms with van der Waals surface area (Å²) >= 11 is 0. The van der Waals surface area contributed by atoms with Crippen LogP contribution in [-0.4, -0.2) is 47.4 Å². The Bertz CT molecular complexity index is 973. The highest BCUT2D eigenvalue weighted by Crippen LogP contribution is 2.14. The van der Waals surface area contributed by atoms with Gasteiger partial charge in [0.15, 0.2) is 0 Å². The van der Waals surface area contributed by atoms with Crippen LogP contribution in [0.1, 0.15) is 239 Å². The van der Waals surface area contributed by atoms with Crippen molar-refractivity contribution in [3.8, 4) is 0 Å². The van der Waals surface area contributed by atoms with Crippen LogP contribution in [0.25, 0.3) is 0 Å². The van der Waals surface area contributed by atoms with Gasteiger partial charge in [-0.1, -0.05) is 184 Å². The Hall–Kier alpha value is -2.18. The van der Waals surface area contributed by atoms with Crippen LogP contribution < -0.4 is 5.32 Å². The SMILES string of the molecule is CCC/C=C\C/C=C\CCCCCCCC(=O)OCCCCC/C=C\CCCCCCCC(=O)NC(CO)C(O)/C=C/CCCCCCCCCCCCCCC. The van der Waals surface area contributed by atoms with Crippen LogP contribution >= 0.6 is 0 Å². The monoisotopic (exact) mass is 800 g/mol. The minimum Gasteiger partial charge on any atom is -0.466 e. The van der Waals surface area contributed by atoms with Crippen molar-refractivity contribution in [2.24, 2.45) is 0 Å². The van der Waals surface area contributed by atoms with Gasteiger partial charge in [0.05, 0.1) is 25.4 Å². The molecule has 0 aliphatic carbocycles. The fourth-order valence-electron chi connectivity index (χ4n) is 7.02. The number of hydrogen-bond acceptors (Lipinski definition) is 5. The topological polar surface area (TPSA) is 95.9 Å². The minimum absolute atomic E-state index is 0.0408. The van der Waals surface area contributed by atoms with Gasteiger partial charge >= 0.3 is 5.97 Å². The highest BCUT2D eigenvalue weighted by Gasteiger charge is 2.18. The van der Waals surface area contributed by atoms with Crippen LogP contribution in [0.4, 0.5) is 0 Å². The number of esters is 1. The van der Waals surface area contributed by atoms with Gasteiger partial charge in [0, 0.05) is 12.8 Å². The van der Waals surface area contributed by atoms with E-state index in [2.05, 4.69) is 55.6 Å². The molecule has 0 heterocycles. The summed E-state index contributed by atoms with van der Waals surface area (Å²) in [6.07, 6.45) is 56.7. The molecule has 57 heavy (non-hydrogen) atoms. The number of ether oxygens (including phenoxy) is 1. The summed E-state index contributed by atoms with van der Waals surface area (Å²) in [4.78, 5) is 24.4. The van der Waals surface area contributed by atoms with E-state index in [4.69, 9.17) is 4.74 Å². The van der Waals surface area contributed by atoms with Crippen LogP contribution in [0.2, 0.25) is 0 Å². The summed E-state index contributed by atoms with van der Waals surface area (Å²) in [5.74, 6) is -0.137. The number of allylic oxidation sites excluding steroid dienone is 7. The lowest BCUT2D eigenvalue weighted by Gasteiger charge is -2.20. The third-order valence-electron chi connectivity index (χ3n) is 10.8. The minimum atomic E-state index is -0.861. The molecule has 0 aliphatic heterocycles. The number of carbonyl (C=O) groups excluding carboxylic acids is 2. The Labute approximate surface area is 353 Å². The zero-order chi connectivity index (χ0) is 41.5. The van der Waals surface area contributed by atoms with Gasteiger partial charge in [-0.15, -0.1) is 0 Å². The summed E-state index contributed by atoms with van der Waals surface area (Å²) in [7, 11) is 0. The molecule has 6 nitrogen and oxygen atoms in total. The molecule has 0 spiro atoms. The first-order valence-electron chi connectivity index (χ1n) is 24.4. The summed E-state index contributed by atoms with van der Waals surface area (Å²) < 4.78 is 5.42. The van der Waals surface area contributed by atoms with Gasteiger partial charge in [-0.2, -0.15) is 0 Å². The van der Waals surface area contributed by atoms with Gasteiger partial charge in [-0.25, -0.2) is 0 Å². The fraction of sp³-hybridized carbons (Fsp3) is 0.804. The highest BCUT2D eigenvalue weighted by atomic mass is 16.5. The van der Waals surface area contributed by atoms with E-state index < -0.39 is 12.1 Å². The van der Waals surface area contributed by atoms with E-state index in [1.807, 2.05) is 6.08 Å². The first-order chi connectivity index (χ1) is 28.0. The molecule has 0 aromatic carbocycles. The Balaban J connectivity index is 3.58. The van der Waals surface area contributed by atoms with Crippen molar-refractivity contribution in [3.63, 3.8) is 0 Å². The summed E-state index contributed by atoms with van der Waals surface area (Å²) in [5.41, 5.74) is 0. The van der Waals surface area contributed by atoms with E-state index in [-0.39, 0.29) is 18.5 Å². The van der Waals surface area contributed by atoms with Crippen LogP contribution in [-0.2, 0) is 14.3 Å². The Morgan fingerprint density at radius 2 is 0.912 bits per heavy atom. The van der Waals surface area contributed by atoms with E-state index in [0.29, 0.717) is 19.4 Å². The van der Waals surface area contributed by atoms with E-state index >= 15 is 0 Å². The Kier molecular flexibility index (Phi) is 44.7. The number of hydrogen-bond donors (Lipinski definition) is 3. The van der Waals surface area contributed by atoms with E-state index in [1.165, 1.54) is 109 Å². The number of carbonyl (C=O) groups is 2. The first kappa shape index (κ1) is 54.8. The van der Waals surface area contributed by atoms with Gasteiger partial charge in [-0.05, 0) is 89.9 Å². The van der Waals surface area contributed by atoms with Crippen molar-refractivity contribution >= 4 is 11.9 Å². The molecular weight excluding hydrogens is 707 g/mol. The average Bonchev–Trinajstić information content (AvgIpc) is 3.21. The van der Waals surface area contributed by atoms with Gasteiger partial charge in [-0.3, -0.25) is 9.59 Å². The molecule has 1 amide bonds. The van der Waals surface area contributed by atoms with Crippen LogP contribution in [0.3, 0.4) is 0 Å². The zero-order valence-corrected chi connectivity index (χ0v) is 37.6. The predicted molar refractivity (Wildman–Crippen MR) is 245 cm³/mol. The van der Waals surface area contributed by atoms with Crippen molar-refractivity contribution < 1.29 is 24.5 Å². The molecule has 0 bridgehead atoms. The first-order valence-corrected chi connectivity index (χ1v) is 24.4. The molecule has 0 saturated carbocycles. The van der Waals surface area contributed by atoms with E-state index in [0.717, 1.165) is 103 Å². The van der Waals surface area contributed by atoms with E-state index in [9.17, 15) is 19.8 Å². The molecule has 2 unspecified atom stereocenters. The molecule has 2 atom stereocenters. The second kappa shape index (κ2) is 46.5. The number of unbranched alkanes of at least 4 members (excludes halogenated alkanes) is 27. The van der Waals surface area contributed by atoms with Crippen molar-refractivity contribution in [1.29, 1.82) is 0 Å². The number of rotatable bonds is 44. The quantitative estimate of drug-likeness (QED) is 0.0324. The maximum Gasteiger partial charge on any atom is 0.305 e. The van der Waals surface area contributed by atoms with Gasteiger partial charge in [0.2, 0.25) is 5.91 Å². The summed E-state index contributed by atoms with van der Waals surface area (Å²) in [5, 5.41) is 23.0. The van der Waals surface area contributed by atoms with Crippen molar-refractivity contribution in [2.75, 3.05) is 13.2 Å². The van der Waals surface area contributed by atoms with Gasteiger partial charge < -0.3 is 20.3 Å². The van der Waals surface area contributed by atoms with E-state index in [1.54, 1.807) is 6.08 Å². The van der Waals surface area contributed by atoms with Crippen LogP contribution in [0.5, 0.6) is 0 Å². The molecule has 0 saturated heterocycles. The smallest absolute Gasteiger partial charge is 0.305 e. The maximum atomic E-state index is 12.4. The van der Waals surface area contributed by atoms with Crippen LogP contribution in [0.15, 0.2) is 48.6 Å². The predicted octanol–water partition coefficient (Wildman–Crippen LogP) is 14.3. The Morgan fingerprint density at radius 1 is 0.491 bits per heavy atom.